The maximum atomic E-state index is 13.2. The summed E-state index contributed by atoms with van der Waals surface area (Å²) >= 11 is 0. The van der Waals surface area contributed by atoms with E-state index in [0.29, 0.717) is 12.1 Å². The maximum Gasteiger partial charge on any atom is 0.416 e. The number of nitrogens with one attached hydrogen (secondary N) is 1. The predicted molar refractivity (Wildman–Crippen MR) is 124 cm³/mol. The molecule has 8 heteroatoms. The number of nitrogens with zero attached hydrogens (tertiary/aromatic N) is 1. The van der Waals surface area contributed by atoms with Gasteiger partial charge in [0, 0.05) is 19.1 Å². The van der Waals surface area contributed by atoms with Crippen molar-refractivity contribution in [2.75, 3.05) is 26.4 Å². The zero-order valence-electron chi connectivity index (χ0n) is 19.6. The quantitative estimate of drug-likeness (QED) is 0.333. The van der Waals surface area contributed by atoms with E-state index >= 15 is 0 Å². The van der Waals surface area contributed by atoms with Crippen molar-refractivity contribution in [1.82, 2.24) is 10.2 Å². The van der Waals surface area contributed by atoms with Crippen LogP contribution in [0.15, 0.2) is 48.5 Å². The summed E-state index contributed by atoms with van der Waals surface area (Å²) in [6.07, 6.45) is -0.866. The number of aliphatic hydroxyl groups is 1. The third-order valence-electron chi connectivity index (χ3n) is 6.56. The molecule has 2 aromatic rings. The molecular weight excluding hydrogens is 448 g/mol. The molecule has 0 aliphatic carbocycles. The van der Waals surface area contributed by atoms with Crippen LogP contribution in [0.4, 0.5) is 17.6 Å². The molecule has 1 aliphatic heterocycles. The molecular formula is C26H34F4N2O2. The van der Waals surface area contributed by atoms with Gasteiger partial charge in [-0.05, 0) is 48.1 Å². The Bertz CT molecular complexity index is 884. The molecule has 2 N–H and O–H groups in total. The minimum atomic E-state index is -4.54. The highest BCUT2D eigenvalue weighted by atomic mass is 19.4. The summed E-state index contributed by atoms with van der Waals surface area (Å²) in [5.41, 5.74) is -0.0277. The van der Waals surface area contributed by atoms with Gasteiger partial charge in [0.05, 0.1) is 31.0 Å². The van der Waals surface area contributed by atoms with Gasteiger partial charge in [0.2, 0.25) is 0 Å². The fraction of sp³-hybridized carbons (Fsp3) is 0.538. The average molecular weight is 483 g/mol. The number of aliphatic hydroxyl groups excluding tert-OH is 1. The molecule has 188 valence electrons. The van der Waals surface area contributed by atoms with Gasteiger partial charge in [-0.2, -0.15) is 13.2 Å². The second-order valence-corrected chi connectivity index (χ2v) is 8.99. The molecule has 0 aromatic heterocycles. The Morgan fingerprint density at radius 1 is 1.15 bits per heavy atom. The van der Waals surface area contributed by atoms with E-state index in [1.54, 1.807) is 0 Å². The predicted octanol–water partition coefficient (Wildman–Crippen LogP) is 5.39. The van der Waals surface area contributed by atoms with Gasteiger partial charge in [0.15, 0.2) is 0 Å². The van der Waals surface area contributed by atoms with Crippen LogP contribution in [-0.4, -0.2) is 42.5 Å². The van der Waals surface area contributed by atoms with Crippen LogP contribution in [0, 0.1) is 0 Å². The molecule has 0 unspecified atom stereocenters. The highest BCUT2D eigenvalue weighted by Gasteiger charge is 2.38. The smallest absolute Gasteiger partial charge is 0.381 e. The van der Waals surface area contributed by atoms with Gasteiger partial charge >= 0.3 is 6.18 Å². The molecule has 1 fully saturated rings. The third kappa shape index (κ3) is 6.78. The topological polar surface area (TPSA) is 44.7 Å². The Morgan fingerprint density at radius 2 is 1.88 bits per heavy atom. The zero-order valence-corrected chi connectivity index (χ0v) is 19.6. The van der Waals surface area contributed by atoms with Crippen LogP contribution in [0.25, 0.3) is 0 Å². The molecule has 0 bridgehead atoms. The van der Waals surface area contributed by atoms with Crippen molar-refractivity contribution in [3.05, 3.63) is 70.8 Å². The number of halogens is 4. The molecule has 1 heterocycles. The van der Waals surface area contributed by atoms with E-state index in [1.165, 1.54) is 6.07 Å². The van der Waals surface area contributed by atoms with Crippen LogP contribution >= 0.6 is 0 Å². The SMILES string of the molecule is CCCCN(CO)[C@H]1CC[C@@](COCc2cc(CF)cc(C(F)(F)F)c2)(c2ccccc2)NC1. The third-order valence-corrected chi connectivity index (χ3v) is 6.56. The number of ether oxygens (including phenoxy) is 1. The number of hydrogen-bond acceptors (Lipinski definition) is 4. The van der Waals surface area contributed by atoms with Crippen molar-refractivity contribution in [1.29, 1.82) is 0 Å². The number of unbranched alkanes of at least 4 members (excludes halogenated alkanes) is 1. The lowest BCUT2D eigenvalue weighted by atomic mass is 9.81. The van der Waals surface area contributed by atoms with Gasteiger partial charge in [-0.25, -0.2) is 4.39 Å². The summed E-state index contributed by atoms with van der Waals surface area (Å²) in [6.45, 7) is 2.88. The summed E-state index contributed by atoms with van der Waals surface area (Å²) in [7, 11) is 0. The lowest BCUT2D eigenvalue weighted by Crippen LogP contribution is -2.57. The first-order valence-electron chi connectivity index (χ1n) is 11.8. The Labute approximate surface area is 198 Å². The molecule has 0 amide bonds. The molecule has 3 rings (SSSR count). The number of piperidine rings is 1. The van der Waals surface area contributed by atoms with Crippen LogP contribution in [0.3, 0.4) is 0 Å². The highest BCUT2D eigenvalue weighted by Crippen LogP contribution is 2.34. The van der Waals surface area contributed by atoms with Crippen LogP contribution in [0.1, 0.15) is 54.9 Å². The van der Waals surface area contributed by atoms with Crippen LogP contribution in [-0.2, 0) is 29.7 Å². The largest absolute Gasteiger partial charge is 0.416 e. The van der Waals surface area contributed by atoms with Gasteiger partial charge in [0.1, 0.15) is 6.67 Å². The van der Waals surface area contributed by atoms with E-state index in [1.807, 2.05) is 30.3 Å². The Morgan fingerprint density at radius 3 is 2.47 bits per heavy atom. The van der Waals surface area contributed by atoms with Gasteiger partial charge in [-0.3, -0.25) is 4.90 Å². The zero-order chi connectivity index (χ0) is 24.6. The highest BCUT2D eigenvalue weighted by molar-refractivity contribution is 5.31. The number of rotatable bonds is 11. The normalized spacial score (nSPS) is 21.2. The number of alkyl halides is 4. The maximum absolute atomic E-state index is 13.2. The Balaban J connectivity index is 1.72. The van der Waals surface area contributed by atoms with Crippen molar-refractivity contribution < 1.29 is 27.4 Å². The van der Waals surface area contributed by atoms with Crippen molar-refractivity contribution in [3.63, 3.8) is 0 Å². The van der Waals surface area contributed by atoms with E-state index in [0.717, 1.165) is 49.9 Å². The van der Waals surface area contributed by atoms with E-state index < -0.39 is 24.0 Å². The molecule has 2 atom stereocenters. The molecule has 34 heavy (non-hydrogen) atoms. The molecule has 0 spiro atoms. The van der Waals surface area contributed by atoms with Crippen molar-refractivity contribution >= 4 is 0 Å². The minimum absolute atomic E-state index is 0.00757. The van der Waals surface area contributed by atoms with Crippen molar-refractivity contribution in [2.45, 2.75) is 63.6 Å². The van der Waals surface area contributed by atoms with E-state index in [9.17, 15) is 22.7 Å². The van der Waals surface area contributed by atoms with Crippen molar-refractivity contribution in [2.24, 2.45) is 0 Å². The first-order chi connectivity index (χ1) is 16.3. The molecule has 2 aromatic carbocycles. The molecule has 0 saturated carbocycles. The fourth-order valence-electron chi connectivity index (χ4n) is 4.60. The second kappa shape index (κ2) is 12.1. The molecule has 1 aliphatic rings. The van der Waals surface area contributed by atoms with Crippen LogP contribution < -0.4 is 5.32 Å². The van der Waals surface area contributed by atoms with Crippen molar-refractivity contribution in [3.8, 4) is 0 Å². The summed E-state index contributed by atoms with van der Waals surface area (Å²) < 4.78 is 58.7. The average Bonchev–Trinajstić information content (AvgIpc) is 2.85. The summed E-state index contributed by atoms with van der Waals surface area (Å²) in [5.74, 6) is 0. The van der Waals surface area contributed by atoms with Gasteiger partial charge in [-0.1, -0.05) is 49.7 Å². The standard InChI is InChI=1S/C26H34F4N2O2/c1-2-3-11-32(19-33)24-9-10-25(31-16-24,22-7-5-4-6-8-22)18-34-17-21-12-20(15-27)13-23(14-21)26(28,29)30/h4-8,12-14,24,31,33H,2-3,9-11,15-19H2,1H3/t24-,25+/m0/s1. The minimum Gasteiger partial charge on any atom is -0.381 e. The Hall–Kier alpha value is -2.00. The first-order valence-corrected chi connectivity index (χ1v) is 11.8. The number of hydrogen-bond donors (Lipinski definition) is 2. The Kier molecular flexibility index (Phi) is 9.47. The van der Waals surface area contributed by atoms with Gasteiger partial charge in [0.25, 0.3) is 0 Å². The summed E-state index contributed by atoms with van der Waals surface area (Å²) in [6, 6.07) is 13.3. The second-order valence-electron chi connectivity index (χ2n) is 8.99. The van der Waals surface area contributed by atoms with Crippen LogP contribution in [0.5, 0.6) is 0 Å². The molecule has 1 saturated heterocycles. The summed E-state index contributed by atoms with van der Waals surface area (Å²) in [5, 5.41) is 13.4. The van der Waals surface area contributed by atoms with Gasteiger partial charge < -0.3 is 15.2 Å². The fourth-order valence-corrected chi connectivity index (χ4v) is 4.60. The van der Waals surface area contributed by atoms with Crippen LogP contribution in [0.2, 0.25) is 0 Å². The van der Waals surface area contributed by atoms with E-state index in [4.69, 9.17) is 4.74 Å². The molecule has 4 nitrogen and oxygen atoms in total. The lowest BCUT2D eigenvalue weighted by Gasteiger charge is -2.44. The number of benzene rings is 2. The van der Waals surface area contributed by atoms with Gasteiger partial charge in [-0.15, -0.1) is 0 Å². The first kappa shape index (κ1) is 26.6. The lowest BCUT2D eigenvalue weighted by molar-refractivity contribution is -0.137. The molecule has 0 radical (unpaired) electrons. The monoisotopic (exact) mass is 482 g/mol. The van der Waals surface area contributed by atoms with E-state index in [2.05, 4.69) is 17.1 Å². The van der Waals surface area contributed by atoms with E-state index in [-0.39, 0.29) is 31.5 Å². The summed E-state index contributed by atoms with van der Waals surface area (Å²) in [4.78, 5) is 2.08.